The lowest BCUT2D eigenvalue weighted by molar-refractivity contribution is 0.179. The van der Waals surface area contributed by atoms with Gasteiger partial charge in [-0.3, -0.25) is 0 Å². The molecule has 2 nitrogen and oxygen atoms in total. The molecule has 0 bridgehead atoms. The van der Waals surface area contributed by atoms with Gasteiger partial charge in [-0.15, -0.1) is 0 Å². The van der Waals surface area contributed by atoms with Gasteiger partial charge in [0, 0.05) is 0 Å². The Labute approximate surface area is 67.6 Å². The molecule has 64 valence electrons. The van der Waals surface area contributed by atoms with Gasteiger partial charge in [-0.05, 0) is 19.8 Å². The van der Waals surface area contributed by atoms with Crippen molar-refractivity contribution in [3.8, 4) is 0 Å². The average Bonchev–Trinajstić information content (AvgIpc) is 2.59. The summed E-state index contributed by atoms with van der Waals surface area (Å²) < 4.78 is 5.63. The van der Waals surface area contributed by atoms with E-state index in [2.05, 4.69) is 0 Å². The van der Waals surface area contributed by atoms with Crippen LogP contribution in [0.1, 0.15) is 39.0 Å². The molecule has 0 aromatic rings. The number of epoxide rings is 1. The van der Waals surface area contributed by atoms with Crippen LogP contribution in [0.3, 0.4) is 0 Å². The summed E-state index contributed by atoms with van der Waals surface area (Å²) in [6.45, 7) is 2.21. The summed E-state index contributed by atoms with van der Waals surface area (Å²) in [6.07, 6.45) is 6.20. The number of ether oxygens (including phenoxy) is 1. The van der Waals surface area contributed by atoms with E-state index in [-0.39, 0.29) is 17.8 Å². The summed E-state index contributed by atoms with van der Waals surface area (Å²) in [6, 6.07) is 0. The predicted octanol–water partition coefficient (Wildman–Crippen LogP) is 1.47. The number of aliphatic hydroxyl groups excluding tert-OH is 1. The maximum absolute atomic E-state index is 9.06. The van der Waals surface area contributed by atoms with Gasteiger partial charge in [0.15, 0.2) is 0 Å². The average molecular weight is 156 g/mol. The van der Waals surface area contributed by atoms with Crippen molar-refractivity contribution in [1.82, 2.24) is 0 Å². The highest BCUT2D eigenvalue weighted by atomic mass is 16.6. The van der Waals surface area contributed by atoms with E-state index in [1.807, 2.05) is 6.92 Å². The van der Waals surface area contributed by atoms with Gasteiger partial charge >= 0.3 is 0 Å². The van der Waals surface area contributed by atoms with Crippen LogP contribution < -0.4 is 0 Å². The Hall–Kier alpha value is -0.0800. The van der Waals surface area contributed by atoms with Gasteiger partial charge in [-0.25, -0.2) is 0 Å². The summed E-state index contributed by atoms with van der Waals surface area (Å²) in [5.74, 6) is 0. The number of hydrogen-bond donors (Lipinski definition) is 1. The molecule has 2 fully saturated rings. The normalized spacial score (nSPS) is 40.9. The monoisotopic (exact) mass is 156 g/mol. The lowest BCUT2D eigenvalue weighted by Crippen LogP contribution is -2.28. The van der Waals surface area contributed by atoms with Gasteiger partial charge in [0.25, 0.3) is 0 Å². The highest BCUT2D eigenvalue weighted by Crippen LogP contribution is 2.55. The van der Waals surface area contributed by atoms with Crippen LogP contribution >= 0.6 is 0 Å². The van der Waals surface area contributed by atoms with Gasteiger partial charge in [0.05, 0.1) is 6.61 Å². The van der Waals surface area contributed by atoms with Gasteiger partial charge in [0.2, 0.25) is 0 Å². The largest absolute Gasteiger partial charge is 0.393 e. The first kappa shape index (κ1) is 7.56. The van der Waals surface area contributed by atoms with Crippen molar-refractivity contribution in [2.24, 2.45) is 0 Å². The Morgan fingerprint density at radius 3 is 2.36 bits per heavy atom. The van der Waals surface area contributed by atoms with Crippen LogP contribution in [-0.2, 0) is 4.74 Å². The Balaban J connectivity index is 2.03. The minimum Gasteiger partial charge on any atom is -0.393 e. The Bertz CT molecular complexity index is 155. The molecule has 1 unspecified atom stereocenters. The van der Waals surface area contributed by atoms with Crippen LogP contribution in [0.5, 0.6) is 0 Å². The van der Waals surface area contributed by atoms with Crippen LogP contribution in [0.25, 0.3) is 0 Å². The van der Waals surface area contributed by atoms with Gasteiger partial charge in [0.1, 0.15) is 11.2 Å². The quantitative estimate of drug-likeness (QED) is 0.583. The number of hydrogen-bond acceptors (Lipinski definition) is 2. The lowest BCUT2D eigenvalue weighted by atomic mass is 9.81. The Kier molecular flexibility index (Phi) is 1.52. The summed E-state index contributed by atoms with van der Waals surface area (Å²) in [4.78, 5) is 0. The molecule has 11 heavy (non-hydrogen) atoms. The molecule has 1 aliphatic carbocycles. The molecule has 1 spiro atoms. The molecular formula is C9H16O2. The first-order valence-electron chi connectivity index (χ1n) is 4.54. The summed E-state index contributed by atoms with van der Waals surface area (Å²) in [5, 5.41) is 9.06. The lowest BCUT2D eigenvalue weighted by Gasteiger charge is -2.20. The molecule has 2 rings (SSSR count). The Morgan fingerprint density at radius 2 is 1.91 bits per heavy atom. The summed E-state index contributed by atoms with van der Waals surface area (Å²) >= 11 is 0. The van der Waals surface area contributed by atoms with Crippen LogP contribution in [0.15, 0.2) is 0 Å². The highest BCUT2D eigenvalue weighted by Gasteiger charge is 2.65. The van der Waals surface area contributed by atoms with E-state index in [1.54, 1.807) is 0 Å². The van der Waals surface area contributed by atoms with Crippen molar-refractivity contribution in [3.63, 3.8) is 0 Å². The second-order valence-electron chi connectivity index (χ2n) is 4.05. The van der Waals surface area contributed by atoms with Crippen LogP contribution in [0, 0.1) is 0 Å². The maximum Gasteiger partial charge on any atom is 0.118 e. The fourth-order valence-electron chi connectivity index (χ4n) is 2.34. The molecule has 2 aliphatic rings. The summed E-state index contributed by atoms with van der Waals surface area (Å²) in [5.41, 5.74) is -0.104. The van der Waals surface area contributed by atoms with Crippen molar-refractivity contribution < 1.29 is 9.84 Å². The SMILES string of the molecule is CC1(CO)OC12CCCCC2. The van der Waals surface area contributed by atoms with E-state index in [0.717, 1.165) is 12.8 Å². The zero-order chi connectivity index (χ0) is 7.95. The predicted molar refractivity (Wildman–Crippen MR) is 42.4 cm³/mol. The molecule has 1 aliphatic heterocycles. The van der Waals surface area contributed by atoms with E-state index in [4.69, 9.17) is 9.84 Å². The topological polar surface area (TPSA) is 32.8 Å². The van der Waals surface area contributed by atoms with Crippen LogP contribution in [-0.4, -0.2) is 22.9 Å². The maximum atomic E-state index is 9.06. The van der Waals surface area contributed by atoms with Gasteiger partial charge < -0.3 is 9.84 Å². The zero-order valence-electron chi connectivity index (χ0n) is 7.10. The molecule has 0 amide bonds. The van der Waals surface area contributed by atoms with Crippen molar-refractivity contribution >= 4 is 0 Å². The fraction of sp³-hybridized carbons (Fsp3) is 1.00. The molecule has 0 aromatic carbocycles. The smallest absolute Gasteiger partial charge is 0.118 e. The van der Waals surface area contributed by atoms with Crippen LogP contribution in [0.2, 0.25) is 0 Å². The van der Waals surface area contributed by atoms with E-state index < -0.39 is 0 Å². The molecule has 1 saturated carbocycles. The number of rotatable bonds is 1. The zero-order valence-corrected chi connectivity index (χ0v) is 7.10. The molecule has 1 saturated heterocycles. The second kappa shape index (κ2) is 2.20. The van der Waals surface area contributed by atoms with E-state index in [0.29, 0.717) is 0 Å². The van der Waals surface area contributed by atoms with Gasteiger partial charge in [-0.2, -0.15) is 0 Å². The van der Waals surface area contributed by atoms with Crippen molar-refractivity contribution in [2.45, 2.75) is 50.2 Å². The highest BCUT2D eigenvalue weighted by molar-refractivity contribution is 5.13. The second-order valence-corrected chi connectivity index (χ2v) is 4.05. The Morgan fingerprint density at radius 1 is 1.27 bits per heavy atom. The standard InChI is InChI=1S/C9H16O2/c1-8(7-10)9(11-8)5-3-2-4-6-9/h10H,2-7H2,1H3. The number of aliphatic hydroxyl groups is 1. The molecule has 0 aromatic heterocycles. The van der Waals surface area contributed by atoms with Crippen LogP contribution in [0.4, 0.5) is 0 Å². The molecule has 0 radical (unpaired) electrons. The third-order valence-electron chi connectivity index (χ3n) is 3.31. The van der Waals surface area contributed by atoms with E-state index in [1.165, 1.54) is 19.3 Å². The van der Waals surface area contributed by atoms with Crippen molar-refractivity contribution in [2.75, 3.05) is 6.61 Å². The molecule has 1 atom stereocenters. The van der Waals surface area contributed by atoms with Gasteiger partial charge in [-0.1, -0.05) is 19.3 Å². The molecule has 2 heteroatoms. The van der Waals surface area contributed by atoms with Crippen molar-refractivity contribution in [3.05, 3.63) is 0 Å². The summed E-state index contributed by atoms with van der Waals surface area (Å²) in [7, 11) is 0. The van der Waals surface area contributed by atoms with Crippen molar-refractivity contribution in [1.29, 1.82) is 0 Å². The first-order valence-corrected chi connectivity index (χ1v) is 4.54. The molecule has 1 N–H and O–H groups in total. The first-order chi connectivity index (χ1) is 5.22. The third-order valence-corrected chi connectivity index (χ3v) is 3.31. The van der Waals surface area contributed by atoms with E-state index in [9.17, 15) is 0 Å². The third kappa shape index (κ3) is 0.926. The minimum absolute atomic E-state index is 0.0833. The fourth-order valence-corrected chi connectivity index (χ4v) is 2.34. The minimum atomic E-state index is -0.187. The molecule has 1 heterocycles. The van der Waals surface area contributed by atoms with E-state index >= 15 is 0 Å². The molecular weight excluding hydrogens is 140 g/mol.